The highest BCUT2D eigenvalue weighted by atomic mass is 16.5. The minimum absolute atomic E-state index is 0.206. The van der Waals surface area contributed by atoms with Gasteiger partial charge in [0, 0.05) is 18.8 Å². The number of amides is 2. The molecule has 1 atom stereocenters. The van der Waals surface area contributed by atoms with Crippen LogP contribution in [0.4, 0.5) is 10.5 Å². The summed E-state index contributed by atoms with van der Waals surface area (Å²) in [5, 5.41) is 22.9. The number of rotatable bonds is 4. The molecule has 0 spiro atoms. The molecule has 0 aliphatic carbocycles. The van der Waals surface area contributed by atoms with E-state index in [0.29, 0.717) is 36.5 Å². The van der Waals surface area contributed by atoms with Crippen molar-refractivity contribution in [1.82, 2.24) is 25.1 Å². The molecule has 1 aliphatic heterocycles. The van der Waals surface area contributed by atoms with Crippen LogP contribution in [0.3, 0.4) is 0 Å². The molecule has 132 valence electrons. The molecule has 2 heterocycles. The number of aliphatic carboxylic acids is 1. The second-order valence-electron chi connectivity index (χ2n) is 5.69. The molecule has 2 aromatic rings. The minimum Gasteiger partial charge on any atom is -0.494 e. The number of tetrazole rings is 1. The Hall–Kier alpha value is -3.17. The first-order valence-electron chi connectivity index (χ1n) is 7.78. The normalized spacial score (nSPS) is 17.2. The van der Waals surface area contributed by atoms with Crippen molar-refractivity contribution >= 4 is 17.7 Å². The van der Waals surface area contributed by atoms with Gasteiger partial charge in [0.2, 0.25) is 0 Å². The number of carbonyl (C=O) groups is 2. The molecule has 0 radical (unpaired) electrons. The maximum absolute atomic E-state index is 12.4. The molecule has 0 bridgehead atoms. The number of anilines is 1. The SMILES string of the molecule is COc1ccc(NC(=O)N2CCCC(C(=O)O)C2)cc1-n1cnnn1. The largest absolute Gasteiger partial charge is 0.494 e. The van der Waals surface area contributed by atoms with Gasteiger partial charge in [0.25, 0.3) is 0 Å². The van der Waals surface area contributed by atoms with Gasteiger partial charge in [-0.1, -0.05) is 0 Å². The van der Waals surface area contributed by atoms with E-state index >= 15 is 0 Å². The van der Waals surface area contributed by atoms with Crippen LogP contribution in [0.1, 0.15) is 12.8 Å². The summed E-state index contributed by atoms with van der Waals surface area (Å²) in [6, 6.07) is 4.75. The van der Waals surface area contributed by atoms with Crippen LogP contribution in [0, 0.1) is 5.92 Å². The summed E-state index contributed by atoms with van der Waals surface area (Å²) in [6.07, 6.45) is 2.68. The van der Waals surface area contributed by atoms with Gasteiger partial charge >= 0.3 is 12.0 Å². The molecule has 25 heavy (non-hydrogen) atoms. The van der Waals surface area contributed by atoms with Crippen molar-refractivity contribution in [2.45, 2.75) is 12.8 Å². The zero-order valence-electron chi connectivity index (χ0n) is 13.6. The van der Waals surface area contributed by atoms with Gasteiger partial charge in [-0.2, -0.15) is 4.68 Å². The third kappa shape index (κ3) is 3.67. The Balaban J connectivity index is 1.75. The van der Waals surface area contributed by atoms with E-state index in [-0.39, 0.29) is 12.6 Å². The number of hydrogen-bond donors (Lipinski definition) is 2. The first kappa shape index (κ1) is 16.7. The summed E-state index contributed by atoms with van der Waals surface area (Å²) in [5.74, 6) is -0.843. The summed E-state index contributed by atoms with van der Waals surface area (Å²) in [4.78, 5) is 25.1. The van der Waals surface area contributed by atoms with E-state index < -0.39 is 11.9 Å². The Bertz CT molecular complexity index is 763. The number of likely N-dealkylation sites (tertiary alicyclic amines) is 1. The number of aromatic nitrogens is 4. The van der Waals surface area contributed by atoms with E-state index in [4.69, 9.17) is 9.84 Å². The van der Waals surface area contributed by atoms with E-state index in [0.717, 1.165) is 0 Å². The third-order valence-corrected chi connectivity index (χ3v) is 4.08. The average molecular weight is 346 g/mol. The Morgan fingerprint density at radius 2 is 2.24 bits per heavy atom. The summed E-state index contributed by atoms with van der Waals surface area (Å²) >= 11 is 0. The fraction of sp³-hybridized carbons (Fsp3) is 0.400. The molecular formula is C15H18N6O4. The topological polar surface area (TPSA) is 122 Å². The number of carboxylic acids is 1. The molecule has 1 aromatic carbocycles. The number of hydrogen-bond acceptors (Lipinski definition) is 6. The van der Waals surface area contributed by atoms with E-state index in [1.54, 1.807) is 18.2 Å². The summed E-state index contributed by atoms with van der Waals surface area (Å²) in [5.41, 5.74) is 1.11. The Kier molecular flexibility index (Phi) is 4.78. The van der Waals surface area contributed by atoms with Gasteiger partial charge in [-0.05, 0) is 41.5 Å². The third-order valence-electron chi connectivity index (χ3n) is 4.08. The number of piperidine rings is 1. The van der Waals surface area contributed by atoms with Crippen molar-refractivity contribution in [2.24, 2.45) is 5.92 Å². The monoisotopic (exact) mass is 346 g/mol. The van der Waals surface area contributed by atoms with E-state index in [1.807, 2.05) is 0 Å². The Labute approximate surface area is 143 Å². The number of ether oxygens (including phenoxy) is 1. The smallest absolute Gasteiger partial charge is 0.321 e. The van der Waals surface area contributed by atoms with Crippen LogP contribution in [0.25, 0.3) is 5.69 Å². The number of urea groups is 1. The maximum Gasteiger partial charge on any atom is 0.321 e. The van der Waals surface area contributed by atoms with E-state index in [9.17, 15) is 9.59 Å². The van der Waals surface area contributed by atoms with Crippen molar-refractivity contribution in [1.29, 1.82) is 0 Å². The van der Waals surface area contributed by atoms with Crippen LogP contribution < -0.4 is 10.1 Å². The lowest BCUT2D eigenvalue weighted by atomic mass is 9.99. The van der Waals surface area contributed by atoms with Gasteiger partial charge in [-0.25, -0.2) is 4.79 Å². The second-order valence-corrected chi connectivity index (χ2v) is 5.69. The quantitative estimate of drug-likeness (QED) is 0.846. The first-order chi connectivity index (χ1) is 12.1. The summed E-state index contributed by atoms with van der Waals surface area (Å²) < 4.78 is 6.71. The van der Waals surface area contributed by atoms with Crippen LogP contribution in [0.2, 0.25) is 0 Å². The Morgan fingerprint density at radius 1 is 1.40 bits per heavy atom. The van der Waals surface area contributed by atoms with Gasteiger partial charge in [0.15, 0.2) is 0 Å². The van der Waals surface area contributed by atoms with Crippen LogP contribution in [-0.2, 0) is 4.79 Å². The minimum atomic E-state index is -0.872. The summed E-state index contributed by atoms with van der Waals surface area (Å²) in [7, 11) is 1.53. The van der Waals surface area contributed by atoms with Crippen molar-refractivity contribution in [3.63, 3.8) is 0 Å². The van der Waals surface area contributed by atoms with E-state index in [1.165, 1.54) is 23.0 Å². The van der Waals surface area contributed by atoms with Crippen molar-refractivity contribution in [2.75, 3.05) is 25.5 Å². The lowest BCUT2D eigenvalue weighted by molar-refractivity contribution is -0.143. The van der Waals surface area contributed by atoms with Gasteiger partial charge in [-0.15, -0.1) is 5.10 Å². The van der Waals surface area contributed by atoms with Crippen molar-refractivity contribution in [3.8, 4) is 11.4 Å². The Morgan fingerprint density at radius 3 is 2.92 bits per heavy atom. The molecule has 2 amide bonds. The van der Waals surface area contributed by atoms with Gasteiger partial charge in [-0.3, -0.25) is 4.79 Å². The van der Waals surface area contributed by atoms with Crippen molar-refractivity contribution in [3.05, 3.63) is 24.5 Å². The molecule has 1 aliphatic rings. The standard InChI is InChI=1S/C15H18N6O4/c1-25-13-5-4-11(7-12(13)21-9-16-18-19-21)17-15(24)20-6-2-3-10(8-20)14(22)23/h4-5,7,9-10H,2-3,6,8H2,1H3,(H,17,24)(H,22,23). The predicted molar refractivity (Wildman–Crippen MR) is 86.7 cm³/mol. The number of methoxy groups -OCH3 is 1. The fourth-order valence-corrected chi connectivity index (χ4v) is 2.78. The number of nitrogens with one attached hydrogen (secondary N) is 1. The fourth-order valence-electron chi connectivity index (χ4n) is 2.78. The number of carbonyl (C=O) groups excluding carboxylic acids is 1. The number of carboxylic acid groups (broad SMARTS) is 1. The maximum atomic E-state index is 12.4. The first-order valence-corrected chi connectivity index (χ1v) is 7.78. The van der Waals surface area contributed by atoms with Crippen LogP contribution in [-0.4, -0.2) is 62.4 Å². The molecule has 2 N–H and O–H groups in total. The molecule has 10 nitrogen and oxygen atoms in total. The van der Waals surface area contributed by atoms with Gasteiger partial charge in [0.05, 0.1) is 13.0 Å². The highest BCUT2D eigenvalue weighted by Gasteiger charge is 2.28. The lowest BCUT2D eigenvalue weighted by Crippen LogP contribution is -2.44. The second kappa shape index (κ2) is 7.16. The molecule has 10 heteroatoms. The molecule has 1 fully saturated rings. The van der Waals surface area contributed by atoms with Gasteiger partial charge < -0.3 is 20.1 Å². The highest BCUT2D eigenvalue weighted by Crippen LogP contribution is 2.26. The summed E-state index contributed by atoms with van der Waals surface area (Å²) in [6.45, 7) is 0.739. The number of nitrogens with zero attached hydrogens (tertiary/aromatic N) is 5. The molecule has 1 saturated heterocycles. The number of benzene rings is 1. The van der Waals surface area contributed by atoms with Gasteiger partial charge in [0.1, 0.15) is 17.8 Å². The zero-order valence-corrected chi connectivity index (χ0v) is 13.6. The average Bonchev–Trinajstić information content (AvgIpc) is 3.16. The zero-order chi connectivity index (χ0) is 17.8. The molecular weight excluding hydrogens is 328 g/mol. The molecule has 1 unspecified atom stereocenters. The lowest BCUT2D eigenvalue weighted by Gasteiger charge is -2.30. The van der Waals surface area contributed by atoms with Crippen LogP contribution in [0.5, 0.6) is 5.75 Å². The molecule has 1 aromatic heterocycles. The molecule has 3 rings (SSSR count). The van der Waals surface area contributed by atoms with Crippen LogP contribution >= 0.6 is 0 Å². The van der Waals surface area contributed by atoms with E-state index in [2.05, 4.69) is 20.8 Å². The highest BCUT2D eigenvalue weighted by molar-refractivity contribution is 5.90. The molecule has 0 saturated carbocycles. The van der Waals surface area contributed by atoms with Crippen molar-refractivity contribution < 1.29 is 19.4 Å². The predicted octanol–water partition coefficient (Wildman–Crippen LogP) is 0.999. The van der Waals surface area contributed by atoms with Crippen LogP contribution in [0.15, 0.2) is 24.5 Å².